The predicted molar refractivity (Wildman–Crippen MR) is 207 cm³/mol. The molecule has 0 radical (unpaired) electrons. The Bertz CT molecular complexity index is 967. The Balaban J connectivity index is -0.000000112. The summed E-state index contributed by atoms with van der Waals surface area (Å²) in [7, 11) is 1.21. The monoisotopic (exact) mass is 1100 g/mol. The summed E-state index contributed by atoms with van der Waals surface area (Å²) >= 11 is 52.3. The van der Waals surface area contributed by atoms with Crippen LogP contribution >= 0.6 is 128 Å². The molecule has 0 bridgehead atoms. The molecule has 0 heterocycles. The second kappa shape index (κ2) is 39.9. The van der Waals surface area contributed by atoms with Gasteiger partial charge < -0.3 is 19.4 Å². The number of halogens is 24. The van der Waals surface area contributed by atoms with Crippen LogP contribution in [0.1, 0.15) is 79.1 Å². The van der Waals surface area contributed by atoms with Crippen LogP contribution in [0.4, 0.5) is 57.2 Å². The number of quaternary nitrogens is 1. The van der Waals surface area contributed by atoms with E-state index in [0.717, 1.165) is 5.54 Å². The smallest absolute Gasteiger partial charge is 0.573 e. The van der Waals surface area contributed by atoms with Gasteiger partial charge in [-0.3, -0.25) is 4.74 Å². The molecule has 58 heavy (non-hydrogen) atoms. The topological polar surface area (TPSA) is 66.9 Å². The molecule has 0 saturated carbocycles. The Morgan fingerprint density at radius 3 is 1.03 bits per heavy atom. The minimum atomic E-state index is -5.12. The van der Waals surface area contributed by atoms with Crippen molar-refractivity contribution in [3.8, 4) is 0 Å². The van der Waals surface area contributed by atoms with Crippen molar-refractivity contribution in [3.05, 3.63) is 20.5 Å². The Morgan fingerprint density at radius 2 is 0.948 bits per heavy atom. The summed E-state index contributed by atoms with van der Waals surface area (Å²) in [5, 5.41) is -3.26. The molecule has 0 aromatic rings. The third kappa shape index (κ3) is 59.5. The molecule has 2 atom stereocenters. The molecule has 0 aliphatic heterocycles. The van der Waals surface area contributed by atoms with Crippen LogP contribution < -0.4 is 0 Å². The summed E-state index contributed by atoms with van der Waals surface area (Å²) in [6.45, 7) is 15.0. The van der Waals surface area contributed by atoms with Gasteiger partial charge >= 0.3 is 19.1 Å². The maximum atomic E-state index is 12.1. The first kappa shape index (κ1) is 73.7. The first-order valence-corrected chi connectivity index (χ1v) is 19.8. The van der Waals surface area contributed by atoms with Gasteiger partial charge in [-0.1, -0.05) is 163 Å². The Hall–Kier alpha value is 1.36. The summed E-state index contributed by atoms with van der Waals surface area (Å²) in [5.41, 5.74) is -2.89. The SMILES string of the molecule is CCCC[N+](CCCC)(CCCC)CCCC.COC(Cl)C(F)(Cl)Cl.ClC=C(Cl)Cl.F/C(Cl)=C(\Cl)OC(F)(F)F.FC(Cl)C(Cl)(Cl)OC(F)(F)F.FOC(F)(F)F.[OH-]. The normalized spacial score (nSPS) is 13.3. The number of hydrogen-bond donors (Lipinski definition) is 0. The quantitative estimate of drug-likeness (QED) is 0.0628. The van der Waals surface area contributed by atoms with Gasteiger partial charge in [-0.15, -0.1) is 39.5 Å². The van der Waals surface area contributed by atoms with Gasteiger partial charge in [0.15, 0.2) is 5.56 Å². The number of ether oxygens (including phenoxy) is 3. The lowest BCUT2D eigenvalue weighted by Gasteiger charge is -2.39. The zero-order valence-electron chi connectivity index (χ0n) is 30.8. The van der Waals surface area contributed by atoms with Crippen molar-refractivity contribution in [2.24, 2.45) is 0 Å². The van der Waals surface area contributed by atoms with Gasteiger partial charge in [0.05, 0.1) is 26.2 Å². The van der Waals surface area contributed by atoms with Crippen molar-refractivity contribution < 1.29 is 86.3 Å². The Labute approximate surface area is 384 Å². The minimum absolute atomic E-state index is 0. The summed E-state index contributed by atoms with van der Waals surface area (Å²) in [5.74, 6) is 0. The van der Waals surface area contributed by atoms with E-state index in [4.69, 9.17) is 69.6 Å². The highest BCUT2D eigenvalue weighted by Gasteiger charge is 2.46. The summed E-state index contributed by atoms with van der Waals surface area (Å²) < 4.78 is 149. The lowest BCUT2D eigenvalue weighted by molar-refractivity contribution is -0.929. The highest BCUT2D eigenvalue weighted by atomic mass is 35.5. The van der Waals surface area contributed by atoms with E-state index in [2.05, 4.69) is 99.9 Å². The fourth-order valence-corrected chi connectivity index (χ4v) is 3.64. The molecule has 6 nitrogen and oxygen atoms in total. The van der Waals surface area contributed by atoms with E-state index in [1.54, 1.807) is 0 Å². The van der Waals surface area contributed by atoms with Crippen molar-refractivity contribution in [1.82, 2.24) is 0 Å². The molecule has 358 valence electrons. The van der Waals surface area contributed by atoms with Crippen molar-refractivity contribution in [1.29, 1.82) is 0 Å². The van der Waals surface area contributed by atoms with E-state index in [1.165, 1.54) is 94.1 Å². The van der Waals surface area contributed by atoms with E-state index in [1.807, 2.05) is 0 Å². The van der Waals surface area contributed by atoms with E-state index in [9.17, 15) is 57.2 Å². The number of rotatable bonds is 17. The first-order chi connectivity index (χ1) is 25.5. The highest BCUT2D eigenvalue weighted by molar-refractivity contribution is 6.58. The van der Waals surface area contributed by atoms with Crippen LogP contribution in [0.15, 0.2) is 20.5 Å². The molecule has 1 N–H and O–H groups in total. The minimum Gasteiger partial charge on any atom is -0.870 e. The predicted octanol–water partition coefficient (Wildman–Crippen LogP) is 17.3. The maximum absolute atomic E-state index is 12.1. The van der Waals surface area contributed by atoms with Crippen LogP contribution in [0.25, 0.3) is 0 Å². The molecule has 0 fully saturated rings. The lowest BCUT2D eigenvalue weighted by Crippen LogP contribution is -2.50. The van der Waals surface area contributed by atoms with Crippen molar-refractivity contribution in [2.45, 2.75) is 118 Å². The highest BCUT2D eigenvalue weighted by Crippen LogP contribution is 2.37. The summed E-state index contributed by atoms with van der Waals surface area (Å²) in [6.07, 6.45) is -4.20. The molecule has 0 aromatic heterocycles. The molecule has 0 saturated heterocycles. The van der Waals surface area contributed by atoms with Crippen LogP contribution in [-0.4, -0.2) is 82.6 Å². The van der Waals surface area contributed by atoms with Gasteiger partial charge in [0.2, 0.25) is 16.1 Å². The van der Waals surface area contributed by atoms with Crippen LogP contribution in [0, 0.1) is 0 Å². The summed E-state index contributed by atoms with van der Waals surface area (Å²) in [4.78, 5) is 1.44. The van der Waals surface area contributed by atoms with Crippen molar-refractivity contribution >= 4 is 128 Å². The molecule has 0 aliphatic rings. The fourth-order valence-electron chi connectivity index (χ4n) is 3.12. The largest absolute Gasteiger partial charge is 0.870 e. The second-order valence-electron chi connectivity index (χ2n) is 10.2. The van der Waals surface area contributed by atoms with Gasteiger partial charge in [-0.2, -0.15) is 4.39 Å². The molecule has 2 unspecified atom stereocenters. The first-order valence-electron chi connectivity index (χ1n) is 15.5. The number of alkyl halides is 17. The van der Waals surface area contributed by atoms with E-state index >= 15 is 0 Å². The van der Waals surface area contributed by atoms with Gasteiger partial charge in [-0.25, -0.2) is 8.78 Å². The van der Waals surface area contributed by atoms with Gasteiger partial charge in [0.1, 0.15) is 4.49 Å². The zero-order valence-corrected chi connectivity index (χ0v) is 39.1. The lowest BCUT2D eigenvalue weighted by atomic mass is 10.1. The number of unbranched alkanes of at least 4 members (excludes halogenated alkanes) is 4. The van der Waals surface area contributed by atoms with Gasteiger partial charge in [0, 0.05) is 12.6 Å². The van der Waals surface area contributed by atoms with Crippen LogP contribution in [0.2, 0.25) is 0 Å². The molecule has 0 aliphatic carbocycles. The van der Waals surface area contributed by atoms with Crippen LogP contribution in [0.5, 0.6) is 0 Å². The molecule has 30 heteroatoms. The average Bonchev–Trinajstić information content (AvgIpc) is 3.06. The average molecular weight is 1110 g/mol. The van der Waals surface area contributed by atoms with Crippen molar-refractivity contribution in [3.63, 3.8) is 0 Å². The molecule has 0 spiro atoms. The number of nitrogens with zero attached hydrogens (tertiary/aromatic N) is 1. The van der Waals surface area contributed by atoms with E-state index in [0.29, 0.717) is 0 Å². The zero-order chi connectivity index (χ0) is 46.9. The fraction of sp³-hybridized carbons (Fsp3) is 0.857. The third-order valence-electron chi connectivity index (χ3n) is 5.44. The van der Waals surface area contributed by atoms with Crippen LogP contribution in [-0.2, 0) is 19.2 Å². The van der Waals surface area contributed by atoms with Crippen LogP contribution in [0.3, 0.4) is 0 Å². The van der Waals surface area contributed by atoms with E-state index in [-0.39, 0.29) is 9.97 Å². The molecular weight excluding hydrogens is 1070 g/mol. The standard InChI is InChI=1S/C16H36N.C3HCl3F4O.C3H4Cl3FO.C3Cl2F4O.C2HCl3.CF4O.H2O/c1-5-9-13-17(14-10-6-2,15-11-7-3)16-12-8-4;4-1(7)2(5,6)11-3(8,9)10;1-8-2(4)3(5,6)7;4-1(6)2(5)10-3(7,8)9;3-1-2(4)5;2-1(3,4)6-5;/h5-16H2,1-4H3;1H;2H,1H3;;1H;;1H2/q+1;;;;;;/p-1/b;;;2-1+;;;. The maximum Gasteiger partial charge on any atom is 0.573 e. The van der Waals surface area contributed by atoms with E-state index < -0.39 is 49.9 Å². The second-order valence-corrected chi connectivity index (χ2v) is 15.4. The Morgan fingerprint density at radius 1 is 0.655 bits per heavy atom. The number of hydrogen-bond acceptors (Lipinski definition) is 5. The summed E-state index contributed by atoms with van der Waals surface area (Å²) in [6, 6.07) is 0. The molecule has 0 amide bonds. The van der Waals surface area contributed by atoms with Gasteiger partial charge in [0.25, 0.3) is 9.11 Å². The molecular formula is C28H43Cl11F13NO5. The number of methoxy groups -OCH3 is 1. The molecule has 0 rings (SSSR count). The van der Waals surface area contributed by atoms with Gasteiger partial charge in [-0.05, 0) is 53.4 Å². The third-order valence-corrected chi connectivity index (χ3v) is 8.78. The Kier molecular flexibility index (Phi) is 50.7. The molecule has 0 aromatic carbocycles. The van der Waals surface area contributed by atoms with Crippen molar-refractivity contribution in [2.75, 3.05) is 33.3 Å².